The van der Waals surface area contributed by atoms with Crippen molar-refractivity contribution in [3.05, 3.63) is 24.0 Å². The number of nitrogens with zero attached hydrogens (tertiary/aromatic N) is 2. The van der Waals surface area contributed by atoms with Crippen LogP contribution in [0.25, 0.3) is 11.0 Å². The summed E-state index contributed by atoms with van der Waals surface area (Å²) in [4.78, 5) is 20.9. The Morgan fingerprint density at radius 1 is 1.48 bits per heavy atom. The fourth-order valence-electron chi connectivity index (χ4n) is 2.67. The Labute approximate surface area is 122 Å². The first kappa shape index (κ1) is 13.9. The lowest BCUT2D eigenvalue weighted by Crippen LogP contribution is -2.36. The van der Waals surface area contributed by atoms with Crippen LogP contribution in [0.3, 0.4) is 0 Å². The average molecular weight is 288 g/mol. The quantitative estimate of drug-likeness (QED) is 0.893. The third kappa shape index (κ3) is 2.71. The Kier molecular flexibility index (Phi) is 3.79. The van der Waals surface area contributed by atoms with E-state index in [0.29, 0.717) is 12.2 Å². The summed E-state index contributed by atoms with van der Waals surface area (Å²) in [6.07, 6.45) is 0.457. The first-order valence-corrected chi connectivity index (χ1v) is 7.22. The van der Waals surface area contributed by atoms with E-state index in [1.807, 2.05) is 25.1 Å². The van der Waals surface area contributed by atoms with Gasteiger partial charge >= 0.3 is 0 Å². The molecule has 0 bridgehead atoms. The van der Waals surface area contributed by atoms with Crippen LogP contribution in [0.4, 0.5) is 5.69 Å². The minimum Gasteiger partial charge on any atom is -0.549 e. The lowest BCUT2D eigenvalue weighted by atomic mass is 10.1. The maximum atomic E-state index is 11.1. The summed E-state index contributed by atoms with van der Waals surface area (Å²) in [6.45, 7) is 5.00. The molecular formula is C15H18N3O3-. The van der Waals surface area contributed by atoms with Gasteiger partial charge in [-0.25, -0.2) is 4.98 Å². The van der Waals surface area contributed by atoms with E-state index in [1.54, 1.807) is 0 Å². The van der Waals surface area contributed by atoms with Crippen molar-refractivity contribution in [2.24, 2.45) is 0 Å². The number of aliphatic carboxylic acids is 1. The van der Waals surface area contributed by atoms with E-state index in [9.17, 15) is 9.90 Å². The van der Waals surface area contributed by atoms with Gasteiger partial charge in [0.05, 0.1) is 36.1 Å². The number of fused-ring (bicyclic) bond motifs is 1. The number of hydrogen-bond acceptors (Lipinski definition) is 5. The van der Waals surface area contributed by atoms with Gasteiger partial charge in [-0.3, -0.25) is 0 Å². The Hall–Kier alpha value is -2.08. The summed E-state index contributed by atoms with van der Waals surface area (Å²) in [5, 5.41) is 11.1. The smallest absolute Gasteiger partial charge is 0.116 e. The number of benzene rings is 1. The van der Waals surface area contributed by atoms with Gasteiger partial charge in [0, 0.05) is 18.8 Å². The van der Waals surface area contributed by atoms with Crippen LogP contribution in [-0.4, -0.2) is 42.2 Å². The van der Waals surface area contributed by atoms with Crippen LogP contribution < -0.4 is 10.0 Å². The van der Waals surface area contributed by atoms with Gasteiger partial charge in [-0.05, 0) is 24.6 Å². The SMILES string of the molecule is CCC(C(=O)[O-])c1nc2ccc(N3CCOCC3)cc2[nH]1. The molecule has 1 aromatic heterocycles. The molecule has 2 aromatic rings. The van der Waals surface area contributed by atoms with E-state index in [2.05, 4.69) is 14.9 Å². The van der Waals surface area contributed by atoms with Crippen LogP contribution in [0.5, 0.6) is 0 Å². The van der Waals surface area contributed by atoms with Gasteiger partial charge in [0.1, 0.15) is 5.82 Å². The van der Waals surface area contributed by atoms with Crippen LogP contribution in [0.2, 0.25) is 0 Å². The number of ether oxygens (including phenoxy) is 1. The van der Waals surface area contributed by atoms with Crippen molar-refractivity contribution >= 4 is 22.7 Å². The van der Waals surface area contributed by atoms with E-state index in [0.717, 1.165) is 43.0 Å². The monoisotopic (exact) mass is 288 g/mol. The number of imidazole rings is 1. The van der Waals surface area contributed by atoms with Crippen molar-refractivity contribution in [2.45, 2.75) is 19.3 Å². The number of carbonyl (C=O) groups excluding carboxylic acids is 1. The van der Waals surface area contributed by atoms with E-state index in [1.165, 1.54) is 0 Å². The average Bonchev–Trinajstić information content (AvgIpc) is 2.90. The number of hydrogen-bond donors (Lipinski definition) is 1. The molecule has 0 saturated carbocycles. The molecular weight excluding hydrogens is 270 g/mol. The first-order chi connectivity index (χ1) is 10.2. The summed E-state index contributed by atoms with van der Waals surface area (Å²) in [6, 6.07) is 5.94. The molecule has 21 heavy (non-hydrogen) atoms. The minimum absolute atomic E-state index is 0.457. The summed E-state index contributed by atoms with van der Waals surface area (Å²) >= 11 is 0. The third-order valence-electron chi connectivity index (χ3n) is 3.88. The third-order valence-corrected chi connectivity index (χ3v) is 3.88. The minimum atomic E-state index is -1.09. The van der Waals surface area contributed by atoms with Crippen LogP contribution >= 0.6 is 0 Å². The second kappa shape index (κ2) is 5.73. The summed E-state index contributed by atoms with van der Waals surface area (Å²) in [7, 11) is 0. The van der Waals surface area contributed by atoms with Gasteiger partial charge in [-0.2, -0.15) is 0 Å². The number of morpholine rings is 1. The highest BCUT2D eigenvalue weighted by atomic mass is 16.5. The number of carbonyl (C=O) groups is 1. The molecule has 6 heteroatoms. The number of nitrogens with one attached hydrogen (secondary N) is 1. The zero-order chi connectivity index (χ0) is 14.8. The number of rotatable bonds is 4. The predicted molar refractivity (Wildman–Crippen MR) is 77.2 cm³/mol. The van der Waals surface area contributed by atoms with E-state index < -0.39 is 11.9 Å². The number of carboxylic acids is 1. The van der Waals surface area contributed by atoms with Gasteiger partial charge in [-0.1, -0.05) is 6.92 Å². The summed E-state index contributed by atoms with van der Waals surface area (Å²) in [5.74, 6) is -1.32. The van der Waals surface area contributed by atoms with Crippen LogP contribution in [0, 0.1) is 0 Å². The van der Waals surface area contributed by atoms with Crippen molar-refractivity contribution in [2.75, 3.05) is 31.2 Å². The largest absolute Gasteiger partial charge is 0.549 e. The molecule has 6 nitrogen and oxygen atoms in total. The van der Waals surface area contributed by atoms with Crippen molar-refractivity contribution < 1.29 is 14.6 Å². The van der Waals surface area contributed by atoms with Gasteiger partial charge in [-0.15, -0.1) is 0 Å². The zero-order valence-corrected chi connectivity index (χ0v) is 12.0. The summed E-state index contributed by atoms with van der Waals surface area (Å²) in [5.41, 5.74) is 2.73. The fraction of sp³-hybridized carbons (Fsp3) is 0.467. The van der Waals surface area contributed by atoms with Crippen LogP contribution in [0.15, 0.2) is 18.2 Å². The highest BCUT2D eigenvalue weighted by molar-refractivity contribution is 5.81. The van der Waals surface area contributed by atoms with Gasteiger partial charge in [0.25, 0.3) is 0 Å². The Bertz CT molecular complexity index is 647. The molecule has 1 aromatic carbocycles. The van der Waals surface area contributed by atoms with Crippen molar-refractivity contribution in [3.8, 4) is 0 Å². The molecule has 1 aliphatic rings. The van der Waals surface area contributed by atoms with Crippen LogP contribution in [-0.2, 0) is 9.53 Å². The number of aromatic nitrogens is 2. The molecule has 0 aliphatic carbocycles. The number of H-pyrrole nitrogens is 1. The Balaban J connectivity index is 1.92. The molecule has 0 amide bonds. The molecule has 112 valence electrons. The number of carboxylic acid groups (broad SMARTS) is 1. The van der Waals surface area contributed by atoms with E-state index in [-0.39, 0.29) is 0 Å². The fourth-order valence-corrected chi connectivity index (χ4v) is 2.67. The van der Waals surface area contributed by atoms with Gasteiger partial charge in [0.2, 0.25) is 0 Å². The first-order valence-electron chi connectivity index (χ1n) is 7.22. The highest BCUT2D eigenvalue weighted by Crippen LogP contribution is 2.24. The summed E-state index contributed by atoms with van der Waals surface area (Å²) < 4.78 is 5.35. The lowest BCUT2D eigenvalue weighted by Gasteiger charge is -2.28. The maximum absolute atomic E-state index is 11.1. The predicted octanol–water partition coefficient (Wildman–Crippen LogP) is 0.643. The molecule has 2 heterocycles. The molecule has 1 aliphatic heterocycles. The Morgan fingerprint density at radius 2 is 2.24 bits per heavy atom. The highest BCUT2D eigenvalue weighted by Gasteiger charge is 2.16. The molecule has 3 rings (SSSR count). The van der Waals surface area contributed by atoms with Crippen LogP contribution in [0.1, 0.15) is 25.1 Å². The standard InChI is InChI=1S/C15H19N3O3/c1-2-11(15(19)20)14-16-12-4-3-10(9-13(12)17-14)18-5-7-21-8-6-18/h3-4,9,11H,2,5-8H2,1H3,(H,16,17)(H,19,20)/p-1. The second-order valence-electron chi connectivity index (χ2n) is 5.20. The molecule has 1 fully saturated rings. The van der Waals surface area contributed by atoms with Crippen molar-refractivity contribution in [1.29, 1.82) is 0 Å². The van der Waals surface area contributed by atoms with E-state index >= 15 is 0 Å². The lowest BCUT2D eigenvalue weighted by molar-refractivity contribution is -0.308. The van der Waals surface area contributed by atoms with Gasteiger partial charge < -0.3 is 24.5 Å². The molecule has 1 unspecified atom stereocenters. The normalized spacial score (nSPS) is 17.1. The van der Waals surface area contributed by atoms with Crippen molar-refractivity contribution in [1.82, 2.24) is 9.97 Å². The van der Waals surface area contributed by atoms with Crippen molar-refractivity contribution in [3.63, 3.8) is 0 Å². The second-order valence-corrected chi connectivity index (χ2v) is 5.20. The number of anilines is 1. The molecule has 1 N–H and O–H groups in total. The Morgan fingerprint density at radius 3 is 2.90 bits per heavy atom. The number of aromatic amines is 1. The topological polar surface area (TPSA) is 81.3 Å². The molecule has 0 spiro atoms. The molecule has 0 radical (unpaired) electrons. The maximum Gasteiger partial charge on any atom is 0.116 e. The molecule has 1 saturated heterocycles. The molecule has 1 atom stereocenters. The zero-order valence-electron chi connectivity index (χ0n) is 12.0. The van der Waals surface area contributed by atoms with E-state index in [4.69, 9.17) is 4.74 Å². The van der Waals surface area contributed by atoms with Gasteiger partial charge in [0.15, 0.2) is 0 Å².